The number of aromatic nitrogens is 2. The smallest absolute Gasteiger partial charge is 0.162 e. The molecule has 2 aromatic carbocycles. The van der Waals surface area contributed by atoms with E-state index < -0.39 is 0 Å². The Morgan fingerprint density at radius 1 is 0.714 bits per heavy atom. The Labute approximate surface area is 137 Å². The quantitative estimate of drug-likeness (QED) is 0.583. The second-order valence-corrected chi connectivity index (χ2v) is 6.20. The molecule has 1 aromatic heterocycles. The predicted molar refractivity (Wildman–Crippen MR) is 88.1 cm³/mol. The van der Waals surface area contributed by atoms with Crippen LogP contribution in [0.3, 0.4) is 0 Å². The molecule has 1 heterocycles. The molecule has 0 bridgehead atoms. The van der Waals surface area contributed by atoms with E-state index in [2.05, 4.69) is 22.1 Å². The van der Waals surface area contributed by atoms with Gasteiger partial charge in [0.15, 0.2) is 5.82 Å². The Morgan fingerprint density at radius 2 is 1.29 bits per heavy atom. The number of halogens is 2. The molecule has 0 fully saturated rings. The van der Waals surface area contributed by atoms with Crippen LogP contribution in [0, 0.1) is 0 Å². The van der Waals surface area contributed by atoms with Crippen molar-refractivity contribution in [2.75, 3.05) is 0 Å². The second kappa shape index (κ2) is 6.48. The Balaban J connectivity index is 1.84. The van der Waals surface area contributed by atoms with E-state index in [1.165, 1.54) is 11.0 Å². The third kappa shape index (κ3) is 3.76. The Bertz CT molecular complexity index is 726. The average molecular weight is 333 g/mol. The lowest BCUT2D eigenvalue weighted by molar-refractivity contribution is 1.17. The molecule has 0 N–H and O–H groups in total. The van der Waals surface area contributed by atoms with Crippen molar-refractivity contribution in [3.05, 3.63) is 71.0 Å². The molecule has 0 aliphatic heterocycles. The van der Waals surface area contributed by atoms with Crippen molar-refractivity contribution >= 4 is 35.0 Å². The summed E-state index contributed by atoms with van der Waals surface area (Å²) in [5.41, 5.74) is 0.886. The lowest BCUT2D eigenvalue weighted by atomic mass is 10.2. The molecule has 0 amide bonds. The van der Waals surface area contributed by atoms with Gasteiger partial charge in [0.2, 0.25) is 0 Å². The van der Waals surface area contributed by atoms with Crippen LogP contribution in [-0.4, -0.2) is 9.97 Å². The zero-order valence-electron chi connectivity index (χ0n) is 10.8. The summed E-state index contributed by atoms with van der Waals surface area (Å²) in [6.07, 6.45) is 0. The maximum absolute atomic E-state index is 5.90. The normalized spacial score (nSPS) is 10.6. The fraction of sp³-hybridized carbons (Fsp3) is 0. The van der Waals surface area contributed by atoms with Gasteiger partial charge in [-0.3, -0.25) is 0 Å². The van der Waals surface area contributed by atoms with Crippen molar-refractivity contribution in [3.8, 4) is 11.4 Å². The fourth-order valence-corrected chi connectivity index (χ4v) is 3.08. The van der Waals surface area contributed by atoms with Gasteiger partial charge >= 0.3 is 0 Å². The van der Waals surface area contributed by atoms with Crippen LogP contribution in [0.15, 0.2) is 70.5 Å². The first-order valence-corrected chi connectivity index (χ1v) is 7.81. The molecule has 104 valence electrons. The van der Waals surface area contributed by atoms with E-state index >= 15 is 0 Å². The molecule has 0 aliphatic carbocycles. The molecular formula is C16H10Cl2N2S. The maximum Gasteiger partial charge on any atom is 0.162 e. The molecule has 0 saturated carbocycles. The zero-order valence-corrected chi connectivity index (χ0v) is 13.2. The lowest BCUT2D eigenvalue weighted by Crippen LogP contribution is -1.89. The number of rotatable bonds is 3. The molecule has 0 unspecified atom stereocenters. The van der Waals surface area contributed by atoms with E-state index in [1.54, 1.807) is 11.8 Å². The first-order valence-electron chi connectivity index (χ1n) is 6.24. The van der Waals surface area contributed by atoms with Crippen molar-refractivity contribution in [2.24, 2.45) is 0 Å². The Morgan fingerprint density at radius 3 is 1.90 bits per heavy atom. The number of nitrogens with zero attached hydrogens (tertiary/aromatic N) is 2. The van der Waals surface area contributed by atoms with Crippen molar-refractivity contribution < 1.29 is 0 Å². The summed E-state index contributed by atoms with van der Waals surface area (Å²) in [6, 6.07) is 19.7. The van der Waals surface area contributed by atoms with Gasteiger partial charge in [0.05, 0.1) is 0 Å². The fourth-order valence-electron chi connectivity index (χ4n) is 1.82. The molecule has 0 spiro atoms. The summed E-state index contributed by atoms with van der Waals surface area (Å²) < 4.78 is 0. The third-order valence-electron chi connectivity index (χ3n) is 2.76. The van der Waals surface area contributed by atoms with Crippen LogP contribution in [0.1, 0.15) is 0 Å². The summed E-state index contributed by atoms with van der Waals surface area (Å²) in [5.74, 6) is 0.531. The molecular weight excluding hydrogens is 323 g/mol. The lowest BCUT2D eigenvalue weighted by Gasteiger charge is -2.04. The van der Waals surface area contributed by atoms with E-state index in [0.29, 0.717) is 16.1 Å². The summed E-state index contributed by atoms with van der Waals surface area (Å²) in [7, 11) is 0. The van der Waals surface area contributed by atoms with Gasteiger partial charge in [-0.2, -0.15) is 0 Å². The Hall–Kier alpha value is -1.55. The van der Waals surface area contributed by atoms with Gasteiger partial charge in [-0.05, 0) is 24.3 Å². The topological polar surface area (TPSA) is 25.8 Å². The highest BCUT2D eigenvalue weighted by Crippen LogP contribution is 2.29. The monoisotopic (exact) mass is 332 g/mol. The van der Waals surface area contributed by atoms with E-state index in [9.17, 15) is 0 Å². The van der Waals surface area contributed by atoms with Gasteiger partial charge < -0.3 is 0 Å². The average Bonchev–Trinajstić information content (AvgIpc) is 2.48. The van der Waals surface area contributed by atoms with Crippen LogP contribution in [0.5, 0.6) is 0 Å². The highest BCUT2D eigenvalue weighted by atomic mass is 35.5. The number of hydrogen-bond donors (Lipinski definition) is 0. The number of hydrogen-bond acceptors (Lipinski definition) is 3. The first kappa shape index (κ1) is 14.4. The summed E-state index contributed by atoms with van der Waals surface area (Å²) in [5, 5.41) is 0.681. The molecule has 21 heavy (non-hydrogen) atoms. The van der Waals surface area contributed by atoms with Crippen molar-refractivity contribution in [2.45, 2.75) is 9.79 Å². The Kier molecular flexibility index (Phi) is 4.44. The van der Waals surface area contributed by atoms with Gasteiger partial charge in [0, 0.05) is 21.4 Å². The zero-order chi connectivity index (χ0) is 14.7. The van der Waals surface area contributed by atoms with Gasteiger partial charge in [-0.25, -0.2) is 9.97 Å². The molecule has 2 nitrogen and oxygen atoms in total. The summed E-state index contributed by atoms with van der Waals surface area (Å²) >= 11 is 13.5. The molecule has 3 aromatic rings. The standard InChI is InChI=1S/C16H10Cl2N2S/c17-14-10-15(18)20-16(19-14)11-6-8-13(9-7-11)21-12-4-2-1-3-5-12/h1-10H. The van der Waals surface area contributed by atoms with Crippen molar-refractivity contribution in [1.82, 2.24) is 9.97 Å². The van der Waals surface area contributed by atoms with Crippen LogP contribution in [0.2, 0.25) is 10.3 Å². The molecule has 0 atom stereocenters. The van der Waals surface area contributed by atoms with Crippen LogP contribution in [0.25, 0.3) is 11.4 Å². The highest BCUT2D eigenvalue weighted by Gasteiger charge is 2.05. The molecule has 5 heteroatoms. The van der Waals surface area contributed by atoms with Crippen LogP contribution in [0.4, 0.5) is 0 Å². The third-order valence-corrected chi connectivity index (χ3v) is 4.16. The van der Waals surface area contributed by atoms with Crippen LogP contribution < -0.4 is 0 Å². The van der Waals surface area contributed by atoms with E-state index in [0.717, 1.165) is 10.5 Å². The second-order valence-electron chi connectivity index (χ2n) is 4.28. The first-order chi connectivity index (χ1) is 10.2. The van der Waals surface area contributed by atoms with E-state index in [1.807, 2.05) is 42.5 Å². The summed E-state index contributed by atoms with van der Waals surface area (Å²) in [6.45, 7) is 0. The minimum atomic E-state index is 0.340. The molecule has 3 rings (SSSR count). The highest BCUT2D eigenvalue weighted by molar-refractivity contribution is 7.99. The van der Waals surface area contributed by atoms with Crippen molar-refractivity contribution in [1.29, 1.82) is 0 Å². The van der Waals surface area contributed by atoms with Crippen molar-refractivity contribution in [3.63, 3.8) is 0 Å². The maximum atomic E-state index is 5.90. The summed E-state index contributed by atoms with van der Waals surface area (Å²) in [4.78, 5) is 10.7. The van der Waals surface area contributed by atoms with E-state index in [-0.39, 0.29) is 0 Å². The molecule has 0 saturated heterocycles. The number of benzene rings is 2. The van der Waals surface area contributed by atoms with Gasteiger partial charge in [0.25, 0.3) is 0 Å². The largest absolute Gasteiger partial charge is 0.216 e. The minimum Gasteiger partial charge on any atom is -0.216 e. The molecule has 0 aliphatic rings. The van der Waals surface area contributed by atoms with Crippen LogP contribution in [-0.2, 0) is 0 Å². The SMILES string of the molecule is Clc1cc(Cl)nc(-c2ccc(Sc3ccccc3)cc2)n1. The van der Waals surface area contributed by atoms with Gasteiger partial charge in [0.1, 0.15) is 10.3 Å². The molecule has 0 radical (unpaired) electrons. The predicted octanol–water partition coefficient (Wildman–Crippen LogP) is 5.60. The minimum absolute atomic E-state index is 0.340. The van der Waals surface area contributed by atoms with Gasteiger partial charge in [-0.1, -0.05) is 65.3 Å². The van der Waals surface area contributed by atoms with Gasteiger partial charge in [-0.15, -0.1) is 0 Å². The van der Waals surface area contributed by atoms with E-state index in [4.69, 9.17) is 23.2 Å². The van der Waals surface area contributed by atoms with Crippen LogP contribution >= 0.6 is 35.0 Å².